The lowest BCUT2D eigenvalue weighted by atomic mass is 10.3. The molecule has 1 unspecified atom stereocenters. The van der Waals surface area contributed by atoms with E-state index in [9.17, 15) is 4.79 Å². The van der Waals surface area contributed by atoms with Gasteiger partial charge in [0.05, 0.1) is 0 Å². The second-order valence-corrected chi connectivity index (χ2v) is 5.85. The number of rotatable bonds is 7. The number of nitrogens with two attached hydrogens (primary N) is 1. The maximum Gasteiger partial charge on any atom is 0.267 e. The first kappa shape index (κ1) is 17.8. The Labute approximate surface area is 148 Å². The van der Waals surface area contributed by atoms with Gasteiger partial charge in [-0.15, -0.1) is 0 Å². The molecule has 0 saturated heterocycles. The highest BCUT2D eigenvalue weighted by atomic mass is 79.9. The number of carbonyl (C=O) groups is 1. The van der Waals surface area contributed by atoms with Crippen molar-refractivity contribution in [1.29, 1.82) is 0 Å². The smallest absolute Gasteiger partial charge is 0.267 e. The van der Waals surface area contributed by atoms with Crippen LogP contribution in [0.2, 0.25) is 0 Å². The van der Waals surface area contributed by atoms with E-state index in [1.54, 1.807) is 19.1 Å². The lowest BCUT2D eigenvalue weighted by molar-refractivity contribution is -0.126. The van der Waals surface area contributed by atoms with Crippen LogP contribution in [0.4, 0.5) is 5.69 Å². The fourth-order valence-electron chi connectivity index (χ4n) is 1.71. The third-order valence-corrected chi connectivity index (χ3v) is 3.41. The normalized spacial score (nSPS) is 12.3. The van der Waals surface area contributed by atoms with E-state index in [-0.39, 0.29) is 18.3 Å². The van der Waals surface area contributed by atoms with E-state index in [0.717, 1.165) is 4.47 Å². The molecule has 2 aromatic rings. The molecule has 0 aliphatic rings. The molecule has 0 aliphatic heterocycles. The predicted molar refractivity (Wildman–Crippen MR) is 96.9 cm³/mol. The predicted octanol–water partition coefficient (Wildman–Crippen LogP) is 3.14. The van der Waals surface area contributed by atoms with Gasteiger partial charge in [-0.05, 0) is 37.3 Å². The molecule has 24 heavy (non-hydrogen) atoms. The van der Waals surface area contributed by atoms with Crippen LogP contribution < -0.4 is 15.8 Å². The van der Waals surface area contributed by atoms with E-state index in [0.29, 0.717) is 11.4 Å². The second-order valence-electron chi connectivity index (χ2n) is 4.93. The molecule has 0 aromatic heterocycles. The third-order valence-electron chi connectivity index (χ3n) is 2.92. The van der Waals surface area contributed by atoms with Gasteiger partial charge in [-0.25, -0.2) is 0 Å². The molecule has 7 heteroatoms. The minimum atomic E-state index is -0.792. The summed E-state index contributed by atoms with van der Waals surface area (Å²) in [6.07, 6.45) is -0.792. The van der Waals surface area contributed by atoms with Gasteiger partial charge in [0.15, 0.2) is 5.84 Å². The molecular weight excluding hydrogens is 374 g/mol. The largest absolute Gasteiger partial charge is 0.486 e. The molecule has 0 heterocycles. The number of carbonyl (C=O) groups excluding carboxylic acids is 1. The molecule has 0 radical (unpaired) electrons. The average molecular weight is 392 g/mol. The standard InChI is InChI=1S/C17H18BrN3O3/c1-12(17(22)20-14-7-5-6-13(18)10-14)24-21-16(19)11-23-15-8-3-2-4-9-15/h2-10,12H,11H2,1H3,(H2,19,21)(H,20,22). The number of oxime groups is 1. The zero-order valence-corrected chi connectivity index (χ0v) is 14.7. The summed E-state index contributed by atoms with van der Waals surface area (Å²) >= 11 is 3.34. The Hall–Kier alpha value is -2.54. The number of hydrogen-bond donors (Lipinski definition) is 2. The van der Waals surface area contributed by atoms with Crippen molar-refractivity contribution in [2.24, 2.45) is 10.9 Å². The van der Waals surface area contributed by atoms with Crippen molar-refractivity contribution in [1.82, 2.24) is 0 Å². The van der Waals surface area contributed by atoms with E-state index in [2.05, 4.69) is 26.4 Å². The van der Waals surface area contributed by atoms with Crippen LogP contribution in [0.25, 0.3) is 0 Å². The first-order chi connectivity index (χ1) is 11.5. The Bertz CT molecular complexity index is 707. The van der Waals surface area contributed by atoms with E-state index in [1.165, 1.54) is 0 Å². The number of anilines is 1. The van der Waals surface area contributed by atoms with Crippen molar-refractivity contribution >= 4 is 33.4 Å². The molecule has 0 saturated carbocycles. The minimum Gasteiger partial charge on any atom is -0.486 e. The number of hydrogen-bond acceptors (Lipinski definition) is 4. The monoisotopic (exact) mass is 391 g/mol. The number of para-hydroxylation sites is 1. The number of benzene rings is 2. The maximum atomic E-state index is 12.0. The average Bonchev–Trinajstić information content (AvgIpc) is 2.58. The van der Waals surface area contributed by atoms with Gasteiger partial charge in [0.2, 0.25) is 6.10 Å². The molecule has 2 rings (SSSR count). The lowest BCUT2D eigenvalue weighted by Gasteiger charge is -2.11. The Kier molecular flexibility index (Phi) is 6.62. The SMILES string of the molecule is CC(O/N=C(\N)COc1ccccc1)C(=O)Nc1cccc(Br)c1. The summed E-state index contributed by atoms with van der Waals surface area (Å²) < 4.78 is 6.30. The molecule has 0 aliphatic carbocycles. The van der Waals surface area contributed by atoms with Gasteiger partial charge >= 0.3 is 0 Å². The summed E-state index contributed by atoms with van der Waals surface area (Å²) in [5, 5.41) is 6.45. The molecule has 6 nitrogen and oxygen atoms in total. The van der Waals surface area contributed by atoms with Gasteiger partial charge in [0.25, 0.3) is 5.91 Å². The zero-order chi connectivity index (χ0) is 17.4. The summed E-state index contributed by atoms with van der Waals surface area (Å²) in [6.45, 7) is 1.66. The van der Waals surface area contributed by atoms with Gasteiger partial charge < -0.3 is 20.6 Å². The summed E-state index contributed by atoms with van der Waals surface area (Å²) in [5.74, 6) is 0.491. The Balaban J connectivity index is 1.80. The van der Waals surface area contributed by atoms with Crippen molar-refractivity contribution in [3.05, 3.63) is 59.1 Å². The first-order valence-corrected chi connectivity index (χ1v) is 8.06. The molecule has 2 aromatic carbocycles. The molecule has 0 spiro atoms. The molecule has 126 valence electrons. The molecule has 1 amide bonds. The summed E-state index contributed by atoms with van der Waals surface area (Å²) in [7, 11) is 0. The van der Waals surface area contributed by atoms with E-state index < -0.39 is 6.10 Å². The fraction of sp³-hybridized carbons (Fsp3) is 0.176. The van der Waals surface area contributed by atoms with E-state index in [1.807, 2.05) is 42.5 Å². The van der Waals surface area contributed by atoms with Crippen LogP contribution in [0.3, 0.4) is 0 Å². The second kappa shape index (κ2) is 8.93. The molecule has 0 bridgehead atoms. The zero-order valence-electron chi connectivity index (χ0n) is 13.1. The number of ether oxygens (including phenoxy) is 1. The maximum absolute atomic E-state index is 12.0. The van der Waals surface area contributed by atoms with Gasteiger partial charge in [0.1, 0.15) is 12.4 Å². The Morgan fingerprint density at radius 2 is 2.00 bits per heavy atom. The van der Waals surface area contributed by atoms with Gasteiger partial charge in [0, 0.05) is 10.2 Å². The molecular formula is C17H18BrN3O3. The number of amides is 1. The van der Waals surface area contributed by atoms with E-state index >= 15 is 0 Å². The summed E-state index contributed by atoms with van der Waals surface area (Å²) in [6, 6.07) is 16.5. The first-order valence-electron chi connectivity index (χ1n) is 7.27. The molecule has 1 atom stereocenters. The lowest BCUT2D eigenvalue weighted by Crippen LogP contribution is -2.28. The minimum absolute atomic E-state index is 0.0734. The highest BCUT2D eigenvalue weighted by Crippen LogP contribution is 2.16. The fourth-order valence-corrected chi connectivity index (χ4v) is 2.10. The van der Waals surface area contributed by atoms with Crippen LogP contribution in [0.15, 0.2) is 64.2 Å². The number of halogens is 1. The quantitative estimate of drug-likeness (QED) is 0.431. The molecule has 0 fully saturated rings. The number of nitrogens with zero attached hydrogens (tertiary/aromatic N) is 1. The highest BCUT2D eigenvalue weighted by molar-refractivity contribution is 9.10. The summed E-state index contributed by atoms with van der Waals surface area (Å²) in [5.41, 5.74) is 6.37. The third kappa shape index (κ3) is 5.92. The van der Waals surface area contributed by atoms with Crippen LogP contribution in [0, 0.1) is 0 Å². The van der Waals surface area contributed by atoms with Crippen LogP contribution >= 0.6 is 15.9 Å². The van der Waals surface area contributed by atoms with Crippen LogP contribution in [-0.2, 0) is 9.63 Å². The van der Waals surface area contributed by atoms with Crippen LogP contribution in [-0.4, -0.2) is 24.5 Å². The van der Waals surface area contributed by atoms with Crippen LogP contribution in [0.5, 0.6) is 5.75 Å². The van der Waals surface area contributed by atoms with Crippen LogP contribution in [0.1, 0.15) is 6.92 Å². The van der Waals surface area contributed by atoms with Crippen molar-refractivity contribution in [2.75, 3.05) is 11.9 Å². The topological polar surface area (TPSA) is 85.9 Å². The number of nitrogens with one attached hydrogen (secondary N) is 1. The number of amidine groups is 1. The van der Waals surface area contributed by atoms with Gasteiger partial charge in [-0.3, -0.25) is 4.79 Å². The van der Waals surface area contributed by atoms with Crippen molar-refractivity contribution < 1.29 is 14.4 Å². The highest BCUT2D eigenvalue weighted by Gasteiger charge is 2.14. The van der Waals surface area contributed by atoms with Gasteiger partial charge in [-0.1, -0.05) is 45.4 Å². The van der Waals surface area contributed by atoms with E-state index in [4.69, 9.17) is 15.3 Å². The van der Waals surface area contributed by atoms with Gasteiger partial charge in [-0.2, -0.15) is 0 Å². The summed E-state index contributed by atoms with van der Waals surface area (Å²) in [4.78, 5) is 17.1. The Morgan fingerprint density at radius 1 is 1.25 bits per heavy atom. The molecule has 3 N–H and O–H groups in total. The van der Waals surface area contributed by atoms with Crippen molar-refractivity contribution in [3.63, 3.8) is 0 Å². The Morgan fingerprint density at radius 3 is 2.71 bits per heavy atom. The van der Waals surface area contributed by atoms with Crippen molar-refractivity contribution in [2.45, 2.75) is 13.0 Å². The van der Waals surface area contributed by atoms with Crippen molar-refractivity contribution in [3.8, 4) is 5.75 Å².